The van der Waals surface area contributed by atoms with Gasteiger partial charge in [-0.05, 0) is 6.42 Å². The lowest BCUT2D eigenvalue weighted by molar-refractivity contribution is 0.0375. The Bertz CT molecular complexity index is 132. The zero-order chi connectivity index (χ0) is 9.40. The highest BCUT2D eigenvalue weighted by molar-refractivity contribution is 4.80. The van der Waals surface area contributed by atoms with Crippen LogP contribution in [0.15, 0.2) is 25.3 Å². The Morgan fingerprint density at radius 2 is 2.17 bits per heavy atom. The van der Waals surface area contributed by atoms with Crippen LogP contribution >= 0.6 is 0 Å². The summed E-state index contributed by atoms with van der Waals surface area (Å²) in [6.45, 7) is 9.64. The predicted molar refractivity (Wildman–Crippen MR) is 51.0 cm³/mol. The third-order valence-corrected chi connectivity index (χ3v) is 1.68. The third kappa shape index (κ3) is 5.10. The number of rotatable bonds is 7. The van der Waals surface area contributed by atoms with Crippen molar-refractivity contribution in [3.63, 3.8) is 0 Å². The van der Waals surface area contributed by atoms with Crippen LogP contribution in [0.2, 0.25) is 0 Å². The van der Waals surface area contributed by atoms with E-state index in [2.05, 4.69) is 13.2 Å². The first-order chi connectivity index (χ1) is 5.74. The minimum Gasteiger partial charge on any atom is -0.389 e. The minimum atomic E-state index is -0.459. The normalized spacial score (nSPS) is 15.2. The molecule has 0 fully saturated rings. The van der Waals surface area contributed by atoms with Gasteiger partial charge in [0.05, 0.1) is 18.8 Å². The van der Waals surface area contributed by atoms with Gasteiger partial charge in [-0.1, -0.05) is 19.1 Å². The third-order valence-electron chi connectivity index (χ3n) is 1.68. The van der Waals surface area contributed by atoms with Gasteiger partial charge in [-0.15, -0.1) is 13.2 Å². The molecule has 0 aromatic carbocycles. The molecular formula is C10H18O2. The van der Waals surface area contributed by atoms with E-state index in [1.54, 1.807) is 6.08 Å². The van der Waals surface area contributed by atoms with Gasteiger partial charge in [-0.2, -0.15) is 0 Å². The van der Waals surface area contributed by atoms with Crippen LogP contribution in [0, 0.1) is 0 Å². The molecular weight excluding hydrogens is 152 g/mol. The van der Waals surface area contributed by atoms with Crippen molar-refractivity contribution in [1.29, 1.82) is 0 Å². The topological polar surface area (TPSA) is 29.5 Å². The second-order valence-electron chi connectivity index (χ2n) is 2.69. The molecule has 0 aliphatic heterocycles. The Morgan fingerprint density at radius 1 is 1.50 bits per heavy atom. The molecule has 0 saturated heterocycles. The van der Waals surface area contributed by atoms with Crippen LogP contribution in [0.4, 0.5) is 0 Å². The summed E-state index contributed by atoms with van der Waals surface area (Å²) in [4.78, 5) is 0. The van der Waals surface area contributed by atoms with E-state index in [9.17, 15) is 5.11 Å². The summed E-state index contributed by atoms with van der Waals surface area (Å²) >= 11 is 0. The largest absolute Gasteiger partial charge is 0.389 e. The molecule has 1 N–H and O–H groups in total. The summed E-state index contributed by atoms with van der Waals surface area (Å²) in [5, 5.41) is 9.23. The van der Waals surface area contributed by atoms with Gasteiger partial charge in [0.15, 0.2) is 0 Å². The van der Waals surface area contributed by atoms with Crippen LogP contribution in [-0.2, 0) is 4.74 Å². The lowest BCUT2D eigenvalue weighted by atomic mass is 10.1. The van der Waals surface area contributed by atoms with Crippen molar-refractivity contribution in [3.8, 4) is 0 Å². The minimum absolute atomic E-state index is 0.107. The van der Waals surface area contributed by atoms with Crippen molar-refractivity contribution in [2.24, 2.45) is 0 Å². The van der Waals surface area contributed by atoms with Gasteiger partial charge in [-0.3, -0.25) is 0 Å². The summed E-state index contributed by atoms with van der Waals surface area (Å²) in [5.41, 5.74) is 0. The van der Waals surface area contributed by atoms with Gasteiger partial charge in [0.1, 0.15) is 0 Å². The van der Waals surface area contributed by atoms with E-state index in [-0.39, 0.29) is 6.10 Å². The van der Waals surface area contributed by atoms with E-state index in [1.807, 2.05) is 6.92 Å². The maximum atomic E-state index is 9.23. The molecule has 2 heteroatoms. The molecule has 0 aliphatic rings. The fourth-order valence-corrected chi connectivity index (χ4v) is 0.922. The fourth-order valence-electron chi connectivity index (χ4n) is 0.922. The molecule has 0 aliphatic carbocycles. The molecule has 2 atom stereocenters. The van der Waals surface area contributed by atoms with Crippen LogP contribution in [0.5, 0.6) is 0 Å². The zero-order valence-corrected chi connectivity index (χ0v) is 7.70. The Kier molecular flexibility index (Phi) is 6.72. The fraction of sp³-hybridized carbons (Fsp3) is 0.600. The second-order valence-corrected chi connectivity index (χ2v) is 2.69. The summed E-state index contributed by atoms with van der Waals surface area (Å²) in [6.07, 6.45) is 4.41. The first-order valence-electron chi connectivity index (χ1n) is 4.27. The van der Waals surface area contributed by atoms with Gasteiger partial charge in [-0.25, -0.2) is 0 Å². The maximum Gasteiger partial charge on any atom is 0.0743 e. The SMILES string of the molecule is C=CCO[C@@H](CC)C[C@@H](O)C=C. The van der Waals surface area contributed by atoms with E-state index in [4.69, 9.17) is 4.74 Å². The number of ether oxygens (including phenoxy) is 1. The summed E-state index contributed by atoms with van der Waals surface area (Å²) < 4.78 is 5.39. The smallest absolute Gasteiger partial charge is 0.0743 e. The standard InChI is InChI=1S/C10H18O2/c1-4-7-12-10(6-3)8-9(11)5-2/h4-5,9-11H,1-2,6-8H2,3H3/t9-,10-/m0/s1. The monoisotopic (exact) mass is 170 g/mol. The van der Waals surface area contributed by atoms with Crippen molar-refractivity contribution >= 4 is 0 Å². The van der Waals surface area contributed by atoms with Crippen molar-refractivity contribution in [1.82, 2.24) is 0 Å². The highest BCUT2D eigenvalue weighted by Crippen LogP contribution is 2.07. The number of hydrogen-bond acceptors (Lipinski definition) is 2. The highest BCUT2D eigenvalue weighted by atomic mass is 16.5. The average molecular weight is 170 g/mol. The number of aliphatic hydroxyl groups excluding tert-OH is 1. The van der Waals surface area contributed by atoms with Crippen molar-refractivity contribution in [3.05, 3.63) is 25.3 Å². The zero-order valence-electron chi connectivity index (χ0n) is 7.70. The van der Waals surface area contributed by atoms with Crippen molar-refractivity contribution in [2.45, 2.75) is 32.0 Å². The Hall–Kier alpha value is -0.600. The molecule has 0 amide bonds. The van der Waals surface area contributed by atoms with E-state index in [1.165, 1.54) is 6.08 Å². The maximum absolute atomic E-state index is 9.23. The molecule has 0 unspecified atom stereocenters. The quantitative estimate of drug-likeness (QED) is 0.591. The van der Waals surface area contributed by atoms with E-state index in [0.717, 1.165) is 6.42 Å². The molecule has 12 heavy (non-hydrogen) atoms. The van der Waals surface area contributed by atoms with E-state index < -0.39 is 6.10 Å². The molecule has 0 aromatic rings. The van der Waals surface area contributed by atoms with Gasteiger partial charge >= 0.3 is 0 Å². The lowest BCUT2D eigenvalue weighted by Crippen LogP contribution is -2.18. The van der Waals surface area contributed by atoms with Crippen LogP contribution in [-0.4, -0.2) is 23.9 Å². The molecule has 0 saturated carbocycles. The Labute approximate surface area is 74.6 Å². The second kappa shape index (κ2) is 7.07. The highest BCUT2D eigenvalue weighted by Gasteiger charge is 2.09. The average Bonchev–Trinajstić information content (AvgIpc) is 2.11. The van der Waals surface area contributed by atoms with Crippen LogP contribution < -0.4 is 0 Å². The molecule has 0 aromatic heterocycles. The van der Waals surface area contributed by atoms with Gasteiger partial charge in [0.25, 0.3) is 0 Å². The van der Waals surface area contributed by atoms with Gasteiger partial charge in [0.2, 0.25) is 0 Å². The first-order valence-corrected chi connectivity index (χ1v) is 4.27. The molecule has 0 rings (SSSR count). The van der Waals surface area contributed by atoms with Crippen LogP contribution in [0.3, 0.4) is 0 Å². The molecule has 0 radical (unpaired) electrons. The van der Waals surface area contributed by atoms with Gasteiger partial charge < -0.3 is 9.84 Å². The molecule has 2 nitrogen and oxygen atoms in total. The predicted octanol–water partition coefficient (Wildman–Crippen LogP) is 1.90. The Balaban J connectivity index is 3.65. The molecule has 0 spiro atoms. The Morgan fingerprint density at radius 3 is 2.58 bits per heavy atom. The van der Waals surface area contributed by atoms with E-state index >= 15 is 0 Å². The summed E-state index contributed by atoms with van der Waals surface area (Å²) in [5.74, 6) is 0. The van der Waals surface area contributed by atoms with Crippen molar-refractivity contribution < 1.29 is 9.84 Å². The summed E-state index contributed by atoms with van der Waals surface area (Å²) in [6, 6.07) is 0. The lowest BCUT2D eigenvalue weighted by Gasteiger charge is -2.16. The number of hydrogen-bond donors (Lipinski definition) is 1. The van der Waals surface area contributed by atoms with Crippen LogP contribution in [0.1, 0.15) is 19.8 Å². The van der Waals surface area contributed by atoms with Gasteiger partial charge in [0, 0.05) is 6.42 Å². The van der Waals surface area contributed by atoms with E-state index in [0.29, 0.717) is 13.0 Å². The number of aliphatic hydroxyl groups is 1. The molecule has 0 heterocycles. The first kappa shape index (κ1) is 11.4. The van der Waals surface area contributed by atoms with Crippen LogP contribution in [0.25, 0.3) is 0 Å². The van der Waals surface area contributed by atoms with Crippen molar-refractivity contribution in [2.75, 3.05) is 6.61 Å². The summed E-state index contributed by atoms with van der Waals surface area (Å²) in [7, 11) is 0. The molecule has 70 valence electrons. The molecule has 0 bridgehead atoms.